The molecule has 1 N–H and O–H groups in total. The first-order valence-electron chi connectivity index (χ1n) is 21.2. The predicted molar refractivity (Wildman–Crippen MR) is 242 cm³/mol. The van der Waals surface area contributed by atoms with Gasteiger partial charge in [-0.05, 0) is 125 Å². The maximum absolute atomic E-state index is 11.5. The van der Waals surface area contributed by atoms with Crippen LogP contribution in [0.1, 0.15) is 155 Å². The van der Waals surface area contributed by atoms with Gasteiger partial charge in [0.25, 0.3) is 0 Å². The largest absolute Gasteiger partial charge is 0.340 e. The van der Waals surface area contributed by atoms with Crippen molar-refractivity contribution in [1.82, 2.24) is 9.88 Å². The Labute approximate surface area is 337 Å². The number of nitrogens with zero attached hydrogens (tertiary/aromatic N) is 2. The molecule has 1 aliphatic carbocycles. The highest BCUT2D eigenvalue weighted by molar-refractivity contribution is 5.52. The number of anilines is 1. The average Bonchev–Trinajstić information content (AvgIpc) is 3.20. The predicted octanol–water partition coefficient (Wildman–Crippen LogP) is 15.5. The summed E-state index contributed by atoms with van der Waals surface area (Å²) < 4.78 is 22.9. The molecule has 0 saturated heterocycles. The Morgan fingerprint density at radius 1 is 0.909 bits per heavy atom. The summed E-state index contributed by atoms with van der Waals surface area (Å²) in [7, 11) is 0. The van der Waals surface area contributed by atoms with E-state index in [1.165, 1.54) is 95.5 Å². The molecule has 3 rings (SSSR count). The molecule has 5 heteroatoms. The van der Waals surface area contributed by atoms with Crippen molar-refractivity contribution in [3.8, 4) is 0 Å². The lowest BCUT2D eigenvalue weighted by molar-refractivity contribution is 0.0181. The van der Waals surface area contributed by atoms with Crippen LogP contribution in [0.3, 0.4) is 0 Å². The van der Waals surface area contributed by atoms with E-state index in [4.69, 9.17) is 0 Å². The molecule has 0 saturated carbocycles. The Kier molecular flexibility index (Phi) is 28.6. The minimum absolute atomic E-state index is 0.0625. The molecule has 308 valence electrons. The van der Waals surface area contributed by atoms with Gasteiger partial charge in [-0.1, -0.05) is 141 Å². The molecular weight excluding hydrogens is 681 g/mol. The molecule has 0 fully saturated rings. The van der Waals surface area contributed by atoms with Crippen LogP contribution in [0.25, 0.3) is 0 Å². The number of pyridine rings is 1. The average molecular weight is 760 g/mol. The van der Waals surface area contributed by atoms with Gasteiger partial charge in [-0.25, -0.2) is 13.8 Å². The van der Waals surface area contributed by atoms with Gasteiger partial charge in [-0.2, -0.15) is 0 Å². The Morgan fingerprint density at radius 2 is 1.60 bits per heavy atom. The van der Waals surface area contributed by atoms with Crippen LogP contribution in [0.15, 0.2) is 116 Å². The van der Waals surface area contributed by atoms with Crippen molar-refractivity contribution in [3.05, 3.63) is 133 Å². The van der Waals surface area contributed by atoms with Gasteiger partial charge in [0.15, 0.2) is 0 Å². The molecule has 0 spiro atoms. The number of hydrogen-bond donors (Lipinski definition) is 1. The van der Waals surface area contributed by atoms with Gasteiger partial charge in [-0.3, -0.25) is 0 Å². The SMILES string of the molecule is C=C.C=C/C=C\C(=C/CCC)Nc1ncccc1C(C)C.CCC(C)(F)F.CCCCN(CCC)CCCCC(CC)(C1=CCCC=C1)c1ccccc1C. The van der Waals surface area contributed by atoms with E-state index in [9.17, 15) is 8.78 Å². The minimum Gasteiger partial charge on any atom is -0.340 e. The van der Waals surface area contributed by atoms with Gasteiger partial charge >= 0.3 is 0 Å². The monoisotopic (exact) mass is 760 g/mol. The zero-order valence-electron chi connectivity index (χ0n) is 36.5. The van der Waals surface area contributed by atoms with Gasteiger partial charge in [0.1, 0.15) is 5.82 Å². The molecule has 1 atom stereocenters. The van der Waals surface area contributed by atoms with Crippen LogP contribution in [-0.4, -0.2) is 35.4 Å². The number of nitrogens with one attached hydrogen (secondary N) is 1. The summed E-state index contributed by atoms with van der Waals surface area (Å²) in [5, 5.41) is 3.41. The highest BCUT2D eigenvalue weighted by atomic mass is 19.3. The number of unbranched alkanes of at least 4 members (excludes halogenated alkanes) is 3. The van der Waals surface area contributed by atoms with Gasteiger partial charge in [0, 0.05) is 23.7 Å². The zero-order chi connectivity index (χ0) is 41.5. The van der Waals surface area contributed by atoms with Gasteiger partial charge < -0.3 is 10.2 Å². The number of allylic oxidation sites excluding steroid dienone is 8. The van der Waals surface area contributed by atoms with Crippen molar-refractivity contribution in [2.45, 2.75) is 157 Å². The lowest BCUT2D eigenvalue weighted by Gasteiger charge is -2.38. The molecular formula is C50H79F2N3. The van der Waals surface area contributed by atoms with Crippen LogP contribution in [-0.2, 0) is 5.41 Å². The van der Waals surface area contributed by atoms with Crippen LogP contribution >= 0.6 is 0 Å². The van der Waals surface area contributed by atoms with Crippen molar-refractivity contribution < 1.29 is 8.78 Å². The van der Waals surface area contributed by atoms with E-state index in [1.807, 2.05) is 24.4 Å². The molecule has 1 heterocycles. The Bertz CT molecular complexity index is 1410. The Hall–Kier alpha value is -3.57. The Balaban J connectivity index is 0.000000930. The smallest absolute Gasteiger partial charge is 0.245 e. The van der Waals surface area contributed by atoms with Crippen LogP contribution in [0.5, 0.6) is 0 Å². The third-order valence-electron chi connectivity index (χ3n) is 9.92. The normalized spacial score (nSPS) is 13.8. The standard InChI is InChI=1S/C27H43N.C17H24N2.C4H8F2.C2H4/c1-5-8-22-28(21-6-2)23-15-14-20-27(7-3,25-17-10-9-11-18-25)26-19-13-12-16-24(26)4;1-5-7-10-15(11-8-6-2)19-17-16(14(3)4)12-9-13-18-17;1-3-4(2,5)6;1-2/h10,12-13,16-19H,5-9,11,14-15,20-23H2,1-4H3;5,7,9-14H,1,6,8H2,2-4H3,(H,18,19);3H2,1-2H3;1-2H2/b;10-7-,15-11+;;. The third-order valence-corrected chi connectivity index (χ3v) is 9.92. The van der Waals surface area contributed by atoms with E-state index < -0.39 is 5.92 Å². The molecule has 0 bridgehead atoms. The molecule has 1 aromatic heterocycles. The van der Waals surface area contributed by atoms with E-state index in [0.29, 0.717) is 5.92 Å². The van der Waals surface area contributed by atoms with E-state index in [0.717, 1.165) is 31.3 Å². The summed E-state index contributed by atoms with van der Waals surface area (Å²) in [5.41, 5.74) is 7.04. The quantitative estimate of drug-likeness (QED) is 0.0780. The van der Waals surface area contributed by atoms with Gasteiger partial charge in [0.05, 0.1) is 0 Å². The summed E-state index contributed by atoms with van der Waals surface area (Å²) in [5.74, 6) is -1.07. The second kappa shape index (κ2) is 30.6. The van der Waals surface area contributed by atoms with Crippen molar-refractivity contribution in [2.75, 3.05) is 25.0 Å². The summed E-state index contributed by atoms with van der Waals surface area (Å²) in [6, 6.07) is 13.2. The van der Waals surface area contributed by atoms with Gasteiger partial charge in [0.2, 0.25) is 5.92 Å². The second-order valence-corrected chi connectivity index (χ2v) is 14.7. The molecule has 3 nitrogen and oxygen atoms in total. The molecule has 1 unspecified atom stereocenters. The molecule has 1 aliphatic rings. The first-order valence-corrected chi connectivity index (χ1v) is 21.2. The number of rotatable bonds is 21. The highest BCUT2D eigenvalue weighted by Gasteiger charge is 2.34. The van der Waals surface area contributed by atoms with E-state index in [-0.39, 0.29) is 11.8 Å². The molecule has 2 aromatic rings. The fraction of sp³-hybridized carbons (Fsp3) is 0.540. The van der Waals surface area contributed by atoms with Crippen molar-refractivity contribution in [2.24, 2.45) is 0 Å². The number of hydrogen-bond acceptors (Lipinski definition) is 3. The van der Waals surface area contributed by atoms with Crippen LogP contribution in [0.2, 0.25) is 0 Å². The topological polar surface area (TPSA) is 28.2 Å². The first-order chi connectivity index (χ1) is 26.4. The van der Waals surface area contributed by atoms with Gasteiger partial charge in [-0.15, -0.1) is 13.2 Å². The molecule has 0 radical (unpaired) electrons. The van der Waals surface area contributed by atoms with E-state index >= 15 is 0 Å². The summed E-state index contributed by atoms with van der Waals surface area (Å²) in [6.07, 6.45) is 30.6. The van der Waals surface area contributed by atoms with Crippen LogP contribution in [0.4, 0.5) is 14.6 Å². The minimum atomic E-state index is -2.46. The lowest BCUT2D eigenvalue weighted by Crippen LogP contribution is -2.30. The fourth-order valence-electron chi connectivity index (χ4n) is 6.64. The third kappa shape index (κ3) is 20.8. The molecule has 0 amide bonds. The summed E-state index contributed by atoms with van der Waals surface area (Å²) in [4.78, 5) is 7.13. The molecule has 55 heavy (non-hydrogen) atoms. The second-order valence-electron chi connectivity index (χ2n) is 14.7. The molecule has 0 aliphatic heterocycles. The number of benzene rings is 1. The number of aryl methyl sites for hydroxylation is 1. The van der Waals surface area contributed by atoms with E-state index in [2.05, 4.69) is 138 Å². The number of aromatic nitrogens is 1. The van der Waals surface area contributed by atoms with Crippen LogP contribution < -0.4 is 5.32 Å². The number of alkyl halides is 2. The van der Waals surface area contributed by atoms with Crippen molar-refractivity contribution >= 4 is 5.82 Å². The maximum Gasteiger partial charge on any atom is 0.245 e. The van der Waals surface area contributed by atoms with Crippen molar-refractivity contribution in [3.63, 3.8) is 0 Å². The fourth-order valence-corrected chi connectivity index (χ4v) is 6.64. The lowest BCUT2D eigenvalue weighted by atomic mass is 9.66. The Morgan fingerprint density at radius 3 is 2.15 bits per heavy atom. The zero-order valence-corrected chi connectivity index (χ0v) is 36.5. The van der Waals surface area contributed by atoms with Crippen molar-refractivity contribution in [1.29, 1.82) is 0 Å². The van der Waals surface area contributed by atoms with Crippen LogP contribution in [0, 0.1) is 6.92 Å². The first kappa shape index (κ1) is 51.4. The summed E-state index contributed by atoms with van der Waals surface area (Å²) in [6.45, 7) is 31.7. The van der Waals surface area contributed by atoms with E-state index in [1.54, 1.807) is 17.2 Å². The summed E-state index contributed by atoms with van der Waals surface area (Å²) >= 11 is 0. The number of halogens is 2. The highest BCUT2D eigenvalue weighted by Crippen LogP contribution is 2.43. The maximum atomic E-state index is 11.5. The molecule has 1 aromatic carbocycles.